The monoisotopic (exact) mass is 832 g/mol. The molecule has 12 aliphatic rings. The molecule has 0 radical (unpaired) electrons. The first kappa shape index (κ1) is 38.5. The molecule has 0 saturated carbocycles. The first-order valence-electron chi connectivity index (χ1n) is 18.7. The zero-order valence-electron chi connectivity index (χ0n) is 31.0. The summed E-state index contributed by atoms with van der Waals surface area (Å²) in [5.41, 5.74) is -3.22. The maximum absolute atomic E-state index is 12.1. The highest BCUT2D eigenvalue weighted by Gasteiger charge is 2.83. The Morgan fingerprint density at radius 3 is 1.50 bits per heavy atom. The van der Waals surface area contributed by atoms with Gasteiger partial charge in [-0.15, -0.1) is 0 Å². The van der Waals surface area contributed by atoms with Crippen LogP contribution in [0.1, 0.15) is 53.4 Å². The maximum Gasteiger partial charge on any atom is 0.343 e. The van der Waals surface area contributed by atoms with Crippen LogP contribution in [0.2, 0.25) is 0 Å². The molecule has 12 atom stereocenters. The second kappa shape index (κ2) is 12.7. The van der Waals surface area contributed by atoms with E-state index in [0.29, 0.717) is 52.1 Å². The lowest BCUT2D eigenvalue weighted by Crippen LogP contribution is -2.47. The van der Waals surface area contributed by atoms with Crippen molar-refractivity contribution in [3.05, 3.63) is 23.3 Å². The number of thioether (sulfide) groups is 3. The summed E-state index contributed by atoms with van der Waals surface area (Å²) in [5, 5.41) is 0. The molecule has 0 aromatic rings. The number of carbonyl (C=O) groups excluding carboxylic acids is 8. The van der Waals surface area contributed by atoms with E-state index in [0.717, 1.165) is 19.3 Å². The smallest absolute Gasteiger partial charge is 0.343 e. The van der Waals surface area contributed by atoms with Gasteiger partial charge in [0, 0.05) is 34.5 Å². The van der Waals surface area contributed by atoms with Crippen molar-refractivity contribution >= 4 is 83.0 Å². The number of ether oxygens (including phenoxy) is 7. The second-order valence-corrected chi connectivity index (χ2v) is 19.6. The van der Waals surface area contributed by atoms with Gasteiger partial charge in [0.25, 0.3) is 0 Å². The highest BCUT2D eigenvalue weighted by Crippen LogP contribution is 2.69. The van der Waals surface area contributed by atoms with Crippen LogP contribution >= 0.6 is 35.3 Å². The Labute approximate surface area is 333 Å². The summed E-state index contributed by atoms with van der Waals surface area (Å²) in [4.78, 5) is 93.0. The molecule has 0 amide bonds. The SMILES string of the molecule is CC1OC(C)C2(C)C(=O)OC(=O)C12C.O=C1OC(=O)C23CSCC12C1C=CCC3O1.O=C1OC(=O)C23CSCC12C1CCCC3O1.O=C1OC(=O)C2=C1CSC2. The van der Waals surface area contributed by atoms with E-state index in [-0.39, 0.29) is 60.5 Å². The molecule has 12 unspecified atom stereocenters. The van der Waals surface area contributed by atoms with Gasteiger partial charge >= 0.3 is 47.8 Å². The van der Waals surface area contributed by atoms with Crippen molar-refractivity contribution in [2.24, 2.45) is 32.5 Å². The fourth-order valence-electron chi connectivity index (χ4n) is 11.0. The molecule has 12 rings (SSSR count). The van der Waals surface area contributed by atoms with Crippen molar-refractivity contribution in [2.45, 2.75) is 90.0 Å². The van der Waals surface area contributed by atoms with Crippen LogP contribution < -0.4 is 0 Å². The molecule has 18 heteroatoms. The van der Waals surface area contributed by atoms with Gasteiger partial charge in [0.1, 0.15) is 32.5 Å². The van der Waals surface area contributed by atoms with E-state index in [4.69, 9.17) is 28.4 Å². The van der Waals surface area contributed by atoms with Gasteiger partial charge in [-0.1, -0.05) is 12.2 Å². The summed E-state index contributed by atoms with van der Waals surface area (Å²) in [6.07, 6.45) is 6.34. The van der Waals surface area contributed by atoms with E-state index in [2.05, 4.69) is 4.74 Å². The summed E-state index contributed by atoms with van der Waals surface area (Å²) in [5.74, 6) is 0.786. The zero-order chi connectivity index (χ0) is 39.8. The first-order chi connectivity index (χ1) is 26.6. The molecule has 56 heavy (non-hydrogen) atoms. The minimum atomic E-state index is -0.830. The molecule has 9 saturated heterocycles. The van der Waals surface area contributed by atoms with Gasteiger partial charge in [-0.3, -0.25) is 28.8 Å². The van der Waals surface area contributed by atoms with Crippen LogP contribution in [0, 0.1) is 32.5 Å². The van der Waals surface area contributed by atoms with Crippen LogP contribution in [-0.2, 0) is 71.5 Å². The molecule has 4 bridgehead atoms. The highest BCUT2D eigenvalue weighted by atomic mass is 32.2. The van der Waals surface area contributed by atoms with Gasteiger partial charge < -0.3 is 33.2 Å². The first-order valence-corrected chi connectivity index (χ1v) is 22.2. The Hall–Kier alpha value is -3.03. The minimum absolute atomic E-state index is 0.0831. The average Bonchev–Trinajstić information content (AvgIpc) is 4.05. The Kier molecular flexibility index (Phi) is 8.75. The number of fused-ring (bicyclic) bond motifs is 5. The Balaban J connectivity index is 0.0000000990. The molecule has 300 valence electrons. The molecule has 0 aromatic heterocycles. The molecule has 0 spiro atoms. The molecule has 12 heterocycles. The molecule has 15 nitrogen and oxygen atoms in total. The number of cyclic esters (lactones) is 8. The molecule has 9 fully saturated rings. The number of hydrogen-bond donors (Lipinski definition) is 0. The van der Waals surface area contributed by atoms with E-state index < -0.39 is 56.4 Å². The zero-order valence-corrected chi connectivity index (χ0v) is 33.5. The van der Waals surface area contributed by atoms with Gasteiger partial charge in [0.15, 0.2) is 0 Å². The molecular formula is C38H40O15S3. The maximum atomic E-state index is 12.1. The molecular weight excluding hydrogens is 793 g/mol. The van der Waals surface area contributed by atoms with E-state index >= 15 is 0 Å². The quantitative estimate of drug-likeness (QED) is 0.149. The lowest BCUT2D eigenvalue weighted by atomic mass is 9.64. The highest BCUT2D eigenvalue weighted by molar-refractivity contribution is 8.00. The third-order valence-corrected chi connectivity index (χ3v) is 18.4. The van der Waals surface area contributed by atoms with E-state index in [9.17, 15) is 38.4 Å². The topological polar surface area (TPSA) is 201 Å². The molecule has 0 aliphatic carbocycles. The third kappa shape index (κ3) is 4.41. The number of rotatable bonds is 0. The lowest BCUT2D eigenvalue weighted by Gasteiger charge is -2.28. The normalized spacial score (nSPS) is 47.6. The van der Waals surface area contributed by atoms with Gasteiger partial charge in [0.2, 0.25) is 0 Å². The summed E-state index contributed by atoms with van der Waals surface area (Å²) in [6, 6.07) is 0. The number of esters is 8. The summed E-state index contributed by atoms with van der Waals surface area (Å²) >= 11 is 4.95. The third-order valence-electron chi connectivity index (χ3n) is 14.8. The number of hydrogen-bond acceptors (Lipinski definition) is 18. The summed E-state index contributed by atoms with van der Waals surface area (Å²) in [7, 11) is 0. The summed E-state index contributed by atoms with van der Waals surface area (Å²) < 4.78 is 36.2. The lowest BCUT2D eigenvalue weighted by molar-refractivity contribution is -0.164. The van der Waals surface area contributed by atoms with Crippen LogP contribution in [-0.4, -0.2) is 119 Å². The van der Waals surface area contributed by atoms with Gasteiger partial charge in [0.05, 0.1) is 47.8 Å². The fourth-order valence-corrected chi connectivity index (χ4v) is 15.8. The predicted octanol–water partition coefficient (Wildman–Crippen LogP) is 2.26. The summed E-state index contributed by atoms with van der Waals surface area (Å²) in [6.45, 7) is 7.10. The fraction of sp³-hybridized carbons (Fsp3) is 0.684. The standard InChI is InChI=1S/C11H12O4S.C11H10O4S.C10H14O4.C6H4O3S/c2*12-8-10-4-16-5-11(10,9(13)15-8)7-3-1-2-6(10)14-7;1-5-9(3)7(11)14-8(12)10(9,4)6(2)13-5;7-5-3-1-10-2-4(3)6(8)9-5/h6-7H,1-5H2;1-2,6-7H,3-5H2;5-6H,1-4H3;1-2H2. The van der Waals surface area contributed by atoms with E-state index in [1.807, 2.05) is 26.0 Å². The predicted molar refractivity (Wildman–Crippen MR) is 194 cm³/mol. The molecule has 0 aromatic carbocycles. The molecule has 12 aliphatic heterocycles. The van der Waals surface area contributed by atoms with Gasteiger partial charge in [-0.05, 0) is 53.4 Å². The van der Waals surface area contributed by atoms with Gasteiger partial charge in [-0.25, -0.2) is 9.59 Å². The Bertz CT molecular complexity index is 1880. The van der Waals surface area contributed by atoms with Crippen molar-refractivity contribution in [3.8, 4) is 0 Å². The van der Waals surface area contributed by atoms with E-state index in [1.54, 1.807) is 49.1 Å². The number of carbonyl (C=O) groups is 8. The van der Waals surface area contributed by atoms with Crippen molar-refractivity contribution in [1.29, 1.82) is 0 Å². The van der Waals surface area contributed by atoms with Crippen molar-refractivity contribution in [2.75, 3.05) is 34.5 Å². The van der Waals surface area contributed by atoms with Crippen LogP contribution in [0.25, 0.3) is 0 Å². The largest absolute Gasteiger partial charge is 0.392 e. The van der Waals surface area contributed by atoms with Crippen LogP contribution in [0.3, 0.4) is 0 Å². The Morgan fingerprint density at radius 2 is 0.982 bits per heavy atom. The second-order valence-electron chi connectivity index (χ2n) is 16.6. The molecule has 0 N–H and O–H groups in total. The van der Waals surface area contributed by atoms with Crippen LogP contribution in [0.4, 0.5) is 0 Å². The van der Waals surface area contributed by atoms with Crippen LogP contribution in [0.15, 0.2) is 23.3 Å². The average molecular weight is 833 g/mol. The minimum Gasteiger partial charge on any atom is -0.392 e. The van der Waals surface area contributed by atoms with Crippen molar-refractivity contribution in [3.63, 3.8) is 0 Å². The van der Waals surface area contributed by atoms with Crippen molar-refractivity contribution in [1.82, 2.24) is 0 Å². The van der Waals surface area contributed by atoms with E-state index in [1.165, 1.54) is 0 Å². The Morgan fingerprint density at radius 1 is 0.536 bits per heavy atom. The van der Waals surface area contributed by atoms with Crippen molar-refractivity contribution < 1.29 is 71.5 Å². The van der Waals surface area contributed by atoms with Gasteiger partial charge in [-0.2, -0.15) is 35.3 Å². The van der Waals surface area contributed by atoms with Crippen LogP contribution in [0.5, 0.6) is 0 Å².